The second kappa shape index (κ2) is 6.38. The highest BCUT2D eigenvalue weighted by Gasteiger charge is 2.03. The Bertz CT molecular complexity index is 286. The Kier molecular flexibility index (Phi) is 5.08. The predicted molar refractivity (Wildman–Crippen MR) is 64.2 cm³/mol. The molecule has 1 aromatic rings. The SMILES string of the molecule is CCCCCN(C)c1nccc(CC)n1. The topological polar surface area (TPSA) is 29.0 Å². The number of hydrogen-bond acceptors (Lipinski definition) is 3. The number of unbranched alkanes of at least 4 members (excludes halogenated alkanes) is 2. The van der Waals surface area contributed by atoms with Gasteiger partial charge < -0.3 is 4.90 Å². The molecule has 0 radical (unpaired) electrons. The summed E-state index contributed by atoms with van der Waals surface area (Å²) >= 11 is 0. The van der Waals surface area contributed by atoms with Gasteiger partial charge in [0.25, 0.3) is 0 Å². The molecule has 1 aromatic heterocycles. The molecule has 0 spiro atoms. The van der Waals surface area contributed by atoms with Crippen LogP contribution in [0.3, 0.4) is 0 Å². The quantitative estimate of drug-likeness (QED) is 0.671. The van der Waals surface area contributed by atoms with E-state index in [0.717, 1.165) is 24.6 Å². The standard InChI is InChI=1S/C12H21N3/c1-4-6-7-10-15(3)12-13-9-8-11(5-2)14-12/h8-9H,4-7,10H2,1-3H3. The molecule has 0 aliphatic heterocycles. The maximum atomic E-state index is 4.48. The van der Waals surface area contributed by atoms with Crippen LogP contribution >= 0.6 is 0 Å². The van der Waals surface area contributed by atoms with Gasteiger partial charge in [-0.05, 0) is 18.9 Å². The van der Waals surface area contributed by atoms with Crippen LogP contribution in [0.25, 0.3) is 0 Å². The van der Waals surface area contributed by atoms with E-state index in [9.17, 15) is 0 Å². The number of rotatable bonds is 6. The lowest BCUT2D eigenvalue weighted by Gasteiger charge is -2.16. The first-order valence-corrected chi connectivity index (χ1v) is 5.81. The van der Waals surface area contributed by atoms with Gasteiger partial charge in [-0.1, -0.05) is 26.7 Å². The van der Waals surface area contributed by atoms with Gasteiger partial charge in [-0.25, -0.2) is 9.97 Å². The van der Waals surface area contributed by atoms with E-state index in [1.807, 2.05) is 12.3 Å². The Balaban J connectivity index is 2.52. The van der Waals surface area contributed by atoms with Gasteiger partial charge in [0.05, 0.1) is 0 Å². The Morgan fingerprint density at radius 2 is 2.07 bits per heavy atom. The maximum Gasteiger partial charge on any atom is 0.225 e. The molecule has 0 fully saturated rings. The first-order valence-electron chi connectivity index (χ1n) is 5.81. The Morgan fingerprint density at radius 1 is 1.27 bits per heavy atom. The number of hydrogen-bond donors (Lipinski definition) is 0. The molecular formula is C12H21N3. The van der Waals surface area contributed by atoms with Gasteiger partial charge in [-0.2, -0.15) is 0 Å². The highest BCUT2D eigenvalue weighted by Crippen LogP contribution is 2.07. The number of anilines is 1. The molecule has 0 unspecified atom stereocenters. The number of aryl methyl sites for hydroxylation is 1. The van der Waals surface area contributed by atoms with Gasteiger partial charge in [-0.15, -0.1) is 0 Å². The van der Waals surface area contributed by atoms with Crippen molar-refractivity contribution in [2.75, 3.05) is 18.5 Å². The minimum absolute atomic E-state index is 0.852. The van der Waals surface area contributed by atoms with Crippen molar-refractivity contribution in [1.29, 1.82) is 0 Å². The van der Waals surface area contributed by atoms with E-state index >= 15 is 0 Å². The molecule has 3 heteroatoms. The molecule has 84 valence electrons. The van der Waals surface area contributed by atoms with Crippen molar-refractivity contribution < 1.29 is 0 Å². The van der Waals surface area contributed by atoms with Crippen molar-refractivity contribution in [1.82, 2.24) is 9.97 Å². The molecule has 0 N–H and O–H groups in total. The van der Waals surface area contributed by atoms with E-state index in [2.05, 4.69) is 35.8 Å². The summed E-state index contributed by atoms with van der Waals surface area (Å²) < 4.78 is 0. The minimum atomic E-state index is 0.852. The van der Waals surface area contributed by atoms with Crippen LogP contribution in [0.15, 0.2) is 12.3 Å². The van der Waals surface area contributed by atoms with E-state index in [1.165, 1.54) is 19.3 Å². The molecule has 0 bridgehead atoms. The second-order valence-electron chi connectivity index (χ2n) is 3.83. The van der Waals surface area contributed by atoms with Crippen LogP contribution in [0, 0.1) is 0 Å². The van der Waals surface area contributed by atoms with Gasteiger partial charge in [0.15, 0.2) is 0 Å². The van der Waals surface area contributed by atoms with Crippen LogP contribution in [0.2, 0.25) is 0 Å². The molecule has 0 aromatic carbocycles. The van der Waals surface area contributed by atoms with Gasteiger partial charge in [0.2, 0.25) is 5.95 Å². The zero-order valence-electron chi connectivity index (χ0n) is 10.0. The largest absolute Gasteiger partial charge is 0.344 e. The first-order chi connectivity index (χ1) is 7.27. The average molecular weight is 207 g/mol. The highest BCUT2D eigenvalue weighted by atomic mass is 15.2. The molecule has 0 atom stereocenters. The van der Waals surface area contributed by atoms with Gasteiger partial charge in [-0.3, -0.25) is 0 Å². The Labute approximate surface area is 92.6 Å². The van der Waals surface area contributed by atoms with Crippen molar-refractivity contribution >= 4 is 5.95 Å². The fraction of sp³-hybridized carbons (Fsp3) is 0.667. The van der Waals surface area contributed by atoms with Gasteiger partial charge in [0.1, 0.15) is 0 Å². The van der Waals surface area contributed by atoms with Crippen LogP contribution in [0.5, 0.6) is 0 Å². The summed E-state index contributed by atoms with van der Waals surface area (Å²) in [4.78, 5) is 10.9. The normalized spacial score (nSPS) is 10.3. The van der Waals surface area contributed by atoms with Crippen LogP contribution in [0.4, 0.5) is 5.95 Å². The predicted octanol–water partition coefficient (Wildman–Crippen LogP) is 2.67. The molecule has 1 heterocycles. The summed E-state index contributed by atoms with van der Waals surface area (Å²) in [5, 5.41) is 0. The van der Waals surface area contributed by atoms with Crippen LogP contribution in [0.1, 0.15) is 38.8 Å². The summed E-state index contributed by atoms with van der Waals surface area (Å²) in [7, 11) is 2.06. The van der Waals surface area contributed by atoms with Crippen molar-refractivity contribution in [3.8, 4) is 0 Å². The molecule has 0 aliphatic carbocycles. The van der Waals surface area contributed by atoms with Crippen LogP contribution in [-0.4, -0.2) is 23.6 Å². The lowest BCUT2D eigenvalue weighted by atomic mass is 10.2. The van der Waals surface area contributed by atoms with E-state index < -0.39 is 0 Å². The third-order valence-electron chi connectivity index (χ3n) is 2.50. The van der Waals surface area contributed by atoms with Crippen LogP contribution < -0.4 is 4.90 Å². The Morgan fingerprint density at radius 3 is 2.73 bits per heavy atom. The molecular weight excluding hydrogens is 186 g/mol. The Hall–Kier alpha value is -1.12. The van der Waals surface area contributed by atoms with Crippen molar-refractivity contribution in [2.45, 2.75) is 39.5 Å². The zero-order valence-corrected chi connectivity index (χ0v) is 10.0. The molecule has 15 heavy (non-hydrogen) atoms. The number of aromatic nitrogens is 2. The zero-order chi connectivity index (χ0) is 11.1. The lowest BCUT2D eigenvalue weighted by Crippen LogP contribution is -2.21. The summed E-state index contributed by atoms with van der Waals surface area (Å²) in [5.74, 6) is 0.852. The lowest BCUT2D eigenvalue weighted by molar-refractivity contribution is 0.695. The third kappa shape index (κ3) is 3.86. The van der Waals surface area contributed by atoms with Gasteiger partial charge >= 0.3 is 0 Å². The van der Waals surface area contributed by atoms with Gasteiger partial charge in [0, 0.05) is 25.5 Å². The summed E-state index contributed by atoms with van der Waals surface area (Å²) in [6.45, 7) is 5.37. The smallest absolute Gasteiger partial charge is 0.225 e. The van der Waals surface area contributed by atoms with Crippen molar-refractivity contribution in [3.63, 3.8) is 0 Å². The minimum Gasteiger partial charge on any atom is -0.344 e. The molecule has 0 saturated heterocycles. The van der Waals surface area contributed by atoms with Crippen molar-refractivity contribution in [2.24, 2.45) is 0 Å². The van der Waals surface area contributed by atoms with E-state index in [4.69, 9.17) is 0 Å². The molecule has 0 aliphatic rings. The fourth-order valence-corrected chi connectivity index (χ4v) is 1.46. The fourth-order valence-electron chi connectivity index (χ4n) is 1.46. The maximum absolute atomic E-state index is 4.48. The van der Waals surface area contributed by atoms with Crippen molar-refractivity contribution in [3.05, 3.63) is 18.0 Å². The second-order valence-corrected chi connectivity index (χ2v) is 3.83. The summed E-state index contributed by atoms with van der Waals surface area (Å²) in [6, 6.07) is 1.98. The summed E-state index contributed by atoms with van der Waals surface area (Å²) in [6.07, 6.45) is 6.56. The average Bonchev–Trinajstić information content (AvgIpc) is 2.29. The van der Waals surface area contributed by atoms with E-state index in [0.29, 0.717) is 0 Å². The van der Waals surface area contributed by atoms with E-state index in [1.54, 1.807) is 0 Å². The highest BCUT2D eigenvalue weighted by molar-refractivity contribution is 5.28. The molecule has 0 saturated carbocycles. The summed E-state index contributed by atoms with van der Waals surface area (Å²) in [5.41, 5.74) is 1.11. The molecule has 0 amide bonds. The van der Waals surface area contributed by atoms with Crippen LogP contribution in [-0.2, 0) is 6.42 Å². The monoisotopic (exact) mass is 207 g/mol. The third-order valence-corrected chi connectivity index (χ3v) is 2.50. The number of nitrogens with zero attached hydrogens (tertiary/aromatic N) is 3. The molecule has 3 nitrogen and oxygen atoms in total. The first kappa shape index (κ1) is 12.0. The molecule has 1 rings (SSSR count). The van der Waals surface area contributed by atoms with E-state index in [-0.39, 0.29) is 0 Å².